The predicted molar refractivity (Wildman–Crippen MR) is 413 cm³/mol. The molecule has 0 spiro atoms. The van der Waals surface area contributed by atoms with E-state index in [0.717, 1.165) is 57.1 Å². The summed E-state index contributed by atoms with van der Waals surface area (Å²) in [4.78, 5) is 203. The van der Waals surface area contributed by atoms with Crippen LogP contribution in [0.2, 0.25) is 0 Å². The number of aliphatic hydroxyl groups is 5. The standard InChI is InChI=1S/C71H81N19O18S5/c1-14-37-64-83-44(22-109-64)61(103)89-52(70(13,107)34(12)93)67-85-43(23-112-67)59(101)88-48-33(11)108-68(106)40-19-36(31(9)91)35-15-16-38(50(94)49(35)79-40)78-46(25(2)3)62(104)77-29(7)56(98)74-27(5)55(97)75-30(8)57(99)90-71(69-86-45(24-113-69)60(102)87-47(32(10)92)63(105)81-37)18-17-39(80-51(71)41-20-111-66(48)82-41)65-84-42(21-110-65)58(100)76-28(6)54(96)73-26(4)53(72)95/h14-16,19-21,23-25,30-34,38,44,46-48,50-52,78,91-94,107H,4-7,17-18,22H2,1-3,8-13H3,(H2,72,95)(H,73,96)(H,74,98)(H,75,97)(H,76,100)(H,77,104)(H,81,105)(H,87,102)(H,88,101)(H,89,103)(H,90,99)/t30-,31+,32-,33-,34+,38-,44-,46+,47-,48-,50-,51+,52+,70+,71+/m0/s1. The number of primary amides is 1. The predicted octanol–water partition coefficient (Wildman–Crippen LogP) is 0.509. The van der Waals surface area contributed by atoms with Crippen molar-refractivity contribution in [1.29, 1.82) is 0 Å². The van der Waals surface area contributed by atoms with E-state index in [4.69, 9.17) is 25.4 Å². The van der Waals surface area contributed by atoms with Crippen molar-refractivity contribution in [2.24, 2.45) is 21.6 Å². The van der Waals surface area contributed by atoms with Gasteiger partial charge in [-0.05, 0) is 78.9 Å². The van der Waals surface area contributed by atoms with Crippen LogP contribution in [-0.4, -0.2) is 192 Å². The minimum Gasteiger partial charge on any atom is -0.455 e. The van der Waals surface area contributed by atoms with Gasteiger partial charge in [-0.3, -0.25) is 68.0 Å². The summed E-state index contributed by atoms with van der Waals surface area (Å²) in [5.74, 6) is -12.7. The molecule has 10 rings (SSSR count). The summed E-state index contributed by atoms with van der Waals surface area (Å²) in [7, 11) is 0. The molecule has 1 aliphatic carbocycles. The number of aliphatic imine (C=N–C) groups is 2. The molecule has 0 unspecified atom stereocenters. The summed E-state index contributed by atoms with van der Waals surface area (Å²) < 4.78 is 6.24. The second-order valence-corrected chi connectivity index (χ2v) is 31.9. The molecule has 0 saturated heterocycles. The molecule has 598 valence electrons. The Kier molecular flexibility index (Phi) is 26.0. The Morgan fingerprint density at radius 1 is 0.743 bits per heavy atom. The van der Waals surface area contributed by atoms with E-state index in [1.807, 2.05) is 0 Å². The van der Waals surface area contributed by atoms with E-state index in [1.54, 1.807) is 20.8 Å². The van der Waals surface area contributed by atoms with Crippen LogP contribution in [0, 0.1) is 5.92 Å². The summed E-state index contributed by atoms with van der Waals surface area (Å²) in [5, 5.41) is 91.5. The Morgan fingerprint density at radius 3 is 2.09 bits per heavy atom. The van der Waals surface area contributed by atoms with E-state index in [1.165, 1.54) is 87.4 Å². The fourth-order valence-electron chi connectivity index (χ4n) is 12.0. The van der Waals surface area contributed by atoms with Gasteiger partial charge in [0.25, 0.3) is 41.4 Å². The first kappa shape index (κ1) is 84.6. The molecule has 5 aromatic heterocycles. The Labute approximate surface area is 664 Å². The van der Waals surface area contributed by atoms with Gasteiger partial charge in [0.2, 0.25) is 23.6 Å². The average Bonchev–Trinajstić information content (AvgIpc) is 1.66. The van der Waals surface area contributed by atoms with Crippen molar-refractivity contribution in [1.82, 2.24) is 83.4 Å². The number of carbonyl (C=O) groups excluding carboxylic acids is 12. The molecule has 5 aromatic rings. The second-order valence-electron chi connectivity index (χ2n) is 27.4. The number of nitrogens with one attached hydrogen (secondary N) is 11. The topological polar surface area (TPSA) is 563 Å². The van der Waals surface area contributed by atoms with Gasteiger partial charge in [-0.25, -0.2) is 29.7 Å². The molecule has 18 N–H and O–H groups in total. The van der Waals surface area contributed by atoms with Crippen LogP contribution in [0.5, 0.6) is 0 Å². The number of nitrogens with two attached hydrogens (primary N) is 1. The summed E-state index contributed by atoms with van der Waals surface area (Å²) in [6.07, 6.45) is -3.71. The highest BCUT2D eigenvalue weighted by molar-refractivity contribution is 8.14. The molecule has 15 atom stereocenters. The maximum atomic E-state index is 15.4. The van der Waals surface area contributed by atoms with Gasteiger partial charge in [-0.15, -0.1) is 57.1 Å². The van der Waals surface area contributed by atoms with Crippen LogP contribution in [0.25, 0.3) is 6.08 Å². The summed E-state index contributed by atoms with van der Waals surface area (Å²) in [6, 6.07) is -10.4. The Hall–Kier alpha value is -10.8. The number of esters is 1. The van der Waals surface area contributed by atoms with Crippen LogP contribution >= 0.6 is 57.1 Å². The highest BCUT2D eigenvalue weighted by Crippen LogP contribution is 2.48. The summed E-state index contributed by atoms with van der Waals surface area (Å²) >= 11 is 4.39. The zero-order valence-electron chi connectivity index (χ0n) is 61.9. The maximum Gasteiger partial charge on any atom is 0.357 e. The number of carbonyl (C=O) groups is 12. The fraction of sp³-hybridized carbons (Fsp3) is 0.394. The van der Waals surface area contributed by atoms with Gasteiger partial charge in [-0.1, -0.05) is 58.4 Å². The number of aliphatic hydroxyl groups excluding tert-OH is 4. The molecular weight excluding hydrogens is 1570 g/mol. The van der Waals surface area contributed by atoms with Crippen LogP contribution in [0.3, 0.4) is 0 Å². The zero-order chi connectivity index (χ0) is 82.7. The lowest BCUT2D eigenvalue weighted by molar-refractivity contribution is -0.129. The lowest BCUT2D eigenvalue weighted by Crippen LogP contribution is -2.57. The normalized spacial score (nSPS) is 26.1. The van der Waals surface area contributed by atoms with Crippen molar-refractivity contribution in [2.75, 3.05) is 5.75 Å². The number of allylic oxidation sites excluding steroid dienone is 1. The van der Waals surface area contributed by atoms with Crippen LogP contribution in [0.15, 0.2) is 105 Å². The number of hydrogen-bond donors (Lipinski definition) is 17. The first-order chi connectivity index (χ1) is 53.2. The van der Waals surface area contributed by atoms with Gasteiger partial charge in [0.15, 0.2) is 0 Å². The van der Waals surface area contributed by atoms with E-state index in [-0.39, 0.29) is 89.0 Å². The minimum absolute atomic E-state index is 0.0184. The molecule has 37 nitrogen and oxygen atoms in total. The number of nitrogens with zero attached hydrogens (tertiary/aromatic N) is 7. The largest absolute Gasteiger partial charge is 0.455 e. The molecular formula is C71H81N19O18S5. The summed E-state index contributed by atoms with van der Waals surface area (Å²) in [5.41, 5.74) is -2.56. The first-order valence-electron chi connectivity index (χ1n) is 34.8. The fourth-order valence-corrected chi connectivity index (χ4v) is 16.9. The van der Waals surface area contributed by atoms with E-state index < -0.39 is 201 Å². The van der Waals surface area contributed by atoms with E-state index in [2.05, 4.69) is 105 Å². The van der Waals surface area contributed by atoms with Crippen LogP contribution in [0.1, 0.15) is 190 Å². The Morgan fingerprint density at radius 2 is 1.42 bits per heavy atom. The highest BCUT2D eigenvalue weighted by Gasteiger charge is 2.51. The number of amides is 11. The monoisotopic (exact) mass is 1650 g/mol. The molecule has 9 heterocycles. The third-order valence-electron chi connectivity index (χ3n) is 18.7. The van der Waals surface area contributed by atoms with Gasteiger partial charge < -0.3 is 89.2 Å². The molecule has 42 heteroatoms. The minimum atomic E-state index is -2.21. The number of cyclic esters (lactones) is 1. The Bertz CT molecular complexity index is 4920. The molecule has 11 amide bonds. The van der Waals surface area contributed by atoms with Crippen LogP contribution in [0.4, 0.5) is 0 Å². The lowest BCUT2D eigenvalue weighted by Gasteiger charge is -2.41. The zero-order valence-corrected chi connectivity index (χ0v) is 66.0. The third kappa shape index (κ3) is 18.5. The molecule has 4 aliphatic heterocycles. The quantitative estimate of drug-likeness (QED) is 0.0633. The van der Waals surface area contributed by atoms with Crippen molar-refractivity contribution < 1.29 is 87.8 Å². The van der Waals surface area contributed by atoms with Crippen molar-refractivity contribution in [3.63, 3.8) is 0 Å². The number of rotatable bonds is 11. The molecule has 113 heavy (non-hydrogen) atoms. The number of thioether (sulfide) groups is 1. The molecule has 5 aliphatic rings. The molecule has 0 radical (unpaired) electrons. The number of hydrogen-bond acceptors (Lipinski definition) is 31. The summed E-state index contributed by atoms with van der Waals surface area (Å²) in [6.45, 7) is 26.9. The van der Waals surface area contributed by atoms with E-state index in [9.17, 15) is 68.7 Å². The Balaban J connectivity index is 1.18. The lowest BCUT2D eigenvalue weighted by atomic mass is 9.80. The van der Waals surface area contributed by atoms with Gasteiger partial charge in [0.1, 0.15) is 107 Å². The van der Waals surface area contributed by atoms with Crippen molar-refractivity contribution in [2.45, 2.75) is 165 Å². The smallest absolute Gasteiger partial charge is 0.357 e. The maximum absolute atomic E-state index is 15.4. The average molecular weight is 1650 g/mol. The van der Waals surface area contributed by atoms with Crippen molar-refractivity contribution >= 4 is 145 Å². The number of aromatic nitrogens is 5. The molecule has 0 saturated carbocycles. The molecule has 13 bridgehead atoms. The van der Waals surface area contributed by atoms with Gasteiger partial charge >= 0.3 is 5.97 Å². The number of pyridine rings is 1. The number of thiazole rings is 4. The number of ether oxygens (including phenoxy) is 1. The molecule has 0 aromatic carbocycles. The van der Waals surface area contributed by atoms with E-state index >= 15 is 14.4 Å². The SMILES string of the molecule is C=C(NC(=O)C(=C)NC(=O)c1csc(C2=N[C@@H]3c4csc(n4)[C@H]4NC(=O)c5csc(n5)[C@H]([C@](C)(O)[C@@H](C)O)NC(=O)[C@@H]5CSC(=N5)C(=CC)NC(=O)[C@H]([C@H](C)O)NC(=O)c5csc(n5)[C@]3(CC2)NC(=O)[C@H](C)NC(=O)C(=C)NC(=O)C(=C)NC(=O)[C@@H](C(C)C)N[C@H]2C=Cc3c([C@@H](C)O)cc(nc3[C@H]2O)C(=O)O[C@H]4C)n1)C(N)=O. The second kappa shape index (κ2) is 34.7. The van der Waals surface area contributed by atoms with Gasteiger partial charge in [0, 0.05) is 32.8 Å². The van der Waals surface area contributed by atoms with Gasteiger partial charge in [-0.2, -0.15) is 0 Å². The first-order valence-corrected chi connectivity index (χ1v) is 39.3. The third-order valence-corrected chi connectivity index (χ3v) is 23.6. The van der Waals surface area contributed by atoms with Crippen LogP contribution in [-0.2, 0) is 48.6 Å². The molecule has 0 fully saturated rings. The number of fused-ring (bicyclic) bond motifs is 7. The van der Waals surface area contributed by atoms with Crippen molar-refractivity contribution in [3.05, 3.63) is 160 Å². The van der Waals surface area contributed by atoms with E-state index in [0.29, 0.717) is 0 Å². The van der Waals surface area contributed by atoms with Crippen molar-refractivity contribution in [3.8, 4) is 0 Å². The highest BCUT2D eigenvalue weighted by atomic mass is 32.2. The van der Waals surface area contributed by atoms with Gasteiger partial charge in [0.05, 0.1) is 76.0 Å². The van der Waals surface area contributed by atoms with Crippen LogP contribution < -0.4 is 64.2 Å².